The van der Waals surface area contributed by atoms with Crippen molar-refractivity contribution in [1.29, 1.82) is 5.26 Å². The van der Waals surface area contributed by atoms with E-state index in [0.717, 1.165) is 6.42 Å². The van der Waals surface area contributed by atoms with Crippen LogP contribution in [0.25, 0.3) is 0 Å². The highest BCUT2D eigenvalue weighted by atomic mass is 16.5. The van der Waals surface area contributed by atoms with Crippen LogP contribution in [0.4, 0.5) is 10.7 Å². The number of nitrogens with one attached hydrogen (secondary N) is 2. The second kappa shape index (κ2) is 7.62. The molecule has 2 amide bonds. The van der Waals surface area contributed by atoms with Gasteiger partial charge in [-0.2, -0.15) is 10.2 Å². The van der Waals surface area contributed by atoms with E-state index in [0.29, 0.717) is 22.9 Å². The zero-order valence-corrected chi connectivity index (χ0v) is 14.8. The quantitative estimate of drug-likeness (QED) is 0.864. The van der Waals surface area contributed by atoms with Gasteiger partial charge in [-0.15, -0.1) is 0 Å². The number of amides is 2. The van der Waals surface area contributed by atoms with Gasteiger partial charge in [0.25, 0.3) is 0 Å². The van der Waals surface area contributed by atoms with Crippen molar-refractivity contribution < 1.29 is 9.53 Å². The minimum Gasteiger partial charge on any atom is -0.439 e. The first kappa shape index (κ1) is 18.2. The fraction of sp³-hybridized carbons (Fsp3) is 0.333. The first-order chi connectivity index (χ1) is 11.8. The molecule has 0 unspecified atom stereocenters. The number of benzene rings is 1. The average molecular weight is 339 g/mol. The van der Waals surface area contributed by atoms with Crippen molar-refractivity contribution in [3.63, 3.8) is 0 Å². The molecular weight excluding hydrogens is 318 g/mol. The van der Waals surface area contributed by atoms with Crippen LogP contribution in [0.3, 0.4) is 0 Å². The molecule has 2 aromatic rings. The third-order valence-electron chi connectivity index (χ3n) is 3.60. The summed E-state index contributed by atoms with van der Waals surface area (Å²) in [7, 11) is 0. The molecule has 25 heavy (non-hydrogen) atoms. The molecule has 0 radical (unpaired) electrons. The molecule has 0 aliphatic heterocycles. The van der Waals surface area contributed by atoms with Crippen molar-refractivity contribution in [3.05, 3.63) is 41.6 Å². The lowest BCUT2D eigenvalue weighted by Gasteiger charge is -2.24. The Balaban J connectivity index is 2.11. The van der Waals surface area contributed by atoms with E-state index in [1.165, 1.54) is 0 Å². The second-order valence-corrected chi connectivity index (χ2v) is 6.23. The highest BCUT2D eigenvalue weighted by Gasteiger charge is 2.18. The van der Waals surface area contributed by atoms with Crippen molar-refractivity contribution in [2.75, 3.05) is 5.32 Å². The lowest BCUT2D eigenvalue weighted by atomic mass is 10.0. The lowest BCUT2D eigenvalue weighted by Crippen LogP contribution is -2.45. The molecule has 0 saturated heterocycles. The van der Waals surface area contributed by atoms with Crippen LogP contribution in [0.1, 0.15) is 38.4 Å². The topological polar surface area (TPSA) is 99.9 Å². The van der Waals surface area contributed by atoms with E-state index in [9.17, 15) is 4.79 Å². The number of carbonyl (C=O) groups excluding carboxylic acids is 1. The van der Waals surface area contributed by atoms with Crippen LogP contribution in [0.15, 0.2) is 30.3 Å². The van der Waals surface area contributed by atoms with Crippen molar-refractivity contribution in [2.24, 2.45) is 0 Å². The van der Waals surface area contributed by atoms with Gasteiger partial charge in [-0.05, 0) is 51.5 Å². The number of anilines is 1. The van der Waals surface area contributed by atoms with E-state index in [-0.39, 0.29) is 17.5 Å². The van der Waals surface area contributed by atoms with Gasteiger partial charge in [0.15, 0.2) is 0 Å². The van der Waals surface area contributed by atoms with Crippen LogP contribution in [-0.4, -0.2) is 21.5 Å². The average Bonchev–Trinajstić information content (AvgIpc) is 2.54. The molecule has 1 heterocycles. The Bertz CT molecular complexity index is 794. The summed E-state index contributed by atoms with van der Waals surface area (Å²) in [6, 6.07) is 10.0. The Labute approximate surface area is 147 Å². The maximum absolute atomic E-state index is 12.1. The number of carbonyl (C=O) groups is 1. The van der Waals surface area contributed by atoms with Gasteiger partial charge in [0, 0.05) is 17.3 Å². The number of rotatable bonds is 5. The summed E-state index contributed by atoms with van der Waals surface area (Å²) in [5.41, 5.74) is 0.878. The first-order valence-electron chi connectivity index (χ1n) is 7.94. The number of nitriles is 1. The fourth-order valence-electron chi connectivity index (χ4n) is 1.89. The molecule has 1 aromatic carbocycles. The van der Waals surface area contributed by atoms with Gasteiger partial charge in [0.1, 0.15) is 5.75 Å². The van der Waals surface area contributed by atoms with Crippen LogP contribution in [0.2, 0.25) is 0 Å². The van der Waals surface area contributed by atoms with Gasteiger partial charge < -0.3 is 10.1 Å². The minimum absolute atomic E-state index is 0.160. The predicted molar refractivity (Wildman–Crippen MR) is 94.5 cm³/mol. The largest absolute Gasteiger partial charge is 0.439 e. The van der Waals surface area contributed by atoms with E-state index < -0.39 is 0 Å². The zero-order valence-electron chi connectivity index (χ0n) is 14.8. The lowest BCUT2D eigenvalue weighted by molar-refractivity contribution is 0.240. The van der Waals surface area contributed by atoms with Gasteiger partial charge in [-0.1, -0.05) is 6.92 Å². The Hall–Kier alpha value is -3.14. The molecule has 0 spiro atoms. The van der Waals surface area contributed by atoms with Crippen molar-refractivity contribution >= 4 is 12.0 Å². The molecule has 0 fully saturated rings. The Morgan fingerprint density at radius 3 is 2.56 bits per heavy atom. The number of aryl methyl sites for hydroxylation is 1. The molecule has 0 bridgehead atoms. The number of hydrogen-bond donors (Lipinski definition) is 2. The molecule has 0 aliphatic rings. The molecule has 130 valence electrons. The summed E-state index contributed by atoms with van der Waals surface area (Å²) < 4.78 is 5.67. The summed E-state index contributed by atoms with van der Waals surface area (Å²) in [5, 5.41) is 14.3. The van der Waals surface area contributed by atoms with Crippen LogP contribution < -0.4 is 15.4 Å². The second-order valence-electron chi connectivity index (χ2n) is 6.23. The number of aromatic nitrogens is 2. The maximum atomic E-state index is 12.1. The van der Waals surface area contributed by atoms with E-state index in [2.05, 4.69) is 20.6 Å². The normalized spacial score (nSPS) is 10.7. The third kappa shape index (κ3) is 5.46. The van der Waals surface area contributed by atoms with E-state index in [1.54, 1.807) is 37.3 Å². The molecule has 0 atom stereocenters. The monoisotopic (exact) mass is 339 g/mol. The Morgan fingerprint density at radius 2 is 1.96 bits per heavy atom. The van der Waals surface area contributed by atoms with Crippen LogP contribution >= 0.6 is 0 Å². The summed E-state index contributed by atoms with van der Waals surface area (Å²) in [5.74, 6) is 1.01. The molecule has 1 aromatic heterocycles. The highest BCUT2D eigenvalue weighted by molar-refractivity contribution is 5.87. The number of nitrogens with zero attached hydrogens (tertiary/aromatic N) is 3. The van der Waals surface area contributed by atoms with E-state index in [4.69, 9.17) is 10.00 Å². The number of ether oxygens (including phenoxy) is 1. The van der Waals surface area contributed by atoms with Gasteiger partial charge in [-0.25, -0.2) is 9.78 Å². The summed E-state index contributed by atoms with van der Waals surface area (Å²) in [4.78, 5) is 20.5. The smallest absolute Gasteiger partial charge is 0.322 e. The third-order valence-corrected chi connectivity index (χ3v) is 3.60. The summed E-state index contributed by atoms with van der Waals surface area (Å²) in [6.07, 6.45) is 0.794. The van der Waals surface area contributed by atoms with Crippen LogP contribution in [0.5, 0.6) is 11.6 Å². The number of hydrogen-bond acceptors (Lipinski definition) is 5. The highest BCUT2D eigenvalue weighted by Crippen LogP contribution is 2.21. The molecule has 0 aliphatic carbocycles. The number of urea groups is 1. The van der Waals surface area contributed by atoms with E-state index in [1.807, 2.05) is 26.8 Å². The standard InChI is InChI=1S/C18H21N5O2/c1-5-18(3,4)23-17(24)22-16-20-12(2)10-15(21-16)25-14-8-6-13(11-19)7-9-14/h6-10H,5H2,1-4H3,(H2,20,21,22,23,24). The Kier molecular flexibility index (Phi) is 5.55. The zero-order chi connectivity index (χ0) is 18.4. The minimum atomic E-state index is -0.373. The summed E-state index contributed by atoms with van der Waals surface area (Å²) in [6.45, 7) is 7.64. The molecule has 7 nitrogen and oxygen atoms in total. The Morgan fingerprint density at radius 1 is 1.28 bits per heavy atom. The molecule has 2 rings (SSSR count). The van der Waals surface area contributed by atoms with Gasteiger partial charge in [0.05, 0.1) is 11.6 Å². The van der Waals surface area contributed by atoms with Gasteiger partial charge >= 0.3 is 6.03 Å². The van der Waals surface area contributed by atoms with Crippen molar-refractivity contribution in [3.8, 4) is 17.7 Å². The summed E-state index contributed by atoms with van der Waals surface area (Å²) >= 11 is 0. The maximum Gasteiger partial charge on any atom is 0.322 e. The molecule has 2 N–H and O–H groups in total. The fourth-order valence-corrected chi connectivity index (χ4v) is 1.89. The predicted octanol–water partition coefficient (Wildman–Crippen LogP) is 3.76. The van der Waals surface area contributed by atoms with Crippen LogP contribution in [-0.2, 0) is 0 Å². The van der Waals surface area contributed by atoms with E-state index >= 15 is 0 Å². The SMILES string of the molecule is CCC(C)(C)NC(=O)Nc1nc(C)cc(Oc2ccc(C#N)cc2)n1. The molecule has 7 heteroatoms. The first-order valence-corrected chi connectivity index (χ1v) is 7.94. The molecule has 0 saturated carbocycles. The van der Waals surface area contributed by atoms with Crippen LogP contribution in [0, 0.1) is 18.3 Å². The van der Waals surface area contributed by atoms with Gasteiger partial charge in [0.2, 0.25) is 11.8 Å². The van der Waals surface area contributed by atoms with Crippen molar-refractivity contribution in [1.82, 2.24) is 15.3 Å². The molecular formula is C18H21N5O2. The van der Waals surface area contributed by atoms with Gasteiger partial charge in [-0.3, -0.25) is 5.32 Å². The van der Waals surface area contributed by atoms with Crippen molar-refractivity contribution in [2.45, 2.75) is 39.7 Å².